The second-order valence-electron chi connectivity index (χ2n) is 4.29. The number of aryl methyl sites for hydroxylation is 1. The van der Waals surface area contributed by atoms with E-state index in [0.717, 1.165) is 11.8 Å². The highest BCUT2D eigenvalue weighted by molar-refractivity contribution is 7.92. The third-order valence-corrected chi connectivity index (χ3v) is 4.78. The number of hydrogen-bond acceptors (Lipinski definition) is 4. The van der Waals surface area contributed by atoms with Gasteiger partial charge in [-0.05, 0) is 24.1 Å². The van der Waals surface area contributed by atoms with Gasteiger partial charge in [-0.15, -0.1) is 0 Å². The van der Waals surface area contributed by atoms with Crippen molar-refractivity contribution in [3.63, 3.8) is 0 Å². The second-order valence-corrected chi connectivity index (χ2v) is 6.85. The molecule has 18 heavy (non-hydrogen) atoms. The van der Waals surface area contributed by atoms with E-state index in [1.807, 2.05) is 6.07 Å². The average molecular weight is 289 g/mol. The molecule has 0 atom stereocenters. The van der Waals surface area contributed by atoms with Crippen LogP contribution in [-0.4, -0.2) is 32.3 Å². The van der Waals surface area contributed by atoms with Gasteiger partial charge in [0.15, 0.2) is 9.84 Å². The molecule has 1 saturated heterocycles. The number of halogens is 1. The number of sulfone groups is 1. The number of ether oxygens (including phenoxy) is 1. The van der Waals surface area contributed by atoms with Gasteiger partial charge in [-0.25, -0.2) is 8.42 Å². The van der Waals surface area contributed by atoms with Crippen LogP contribution in [0, 0.1) is 0 Å². The molecule has 1 aliphatic heterocycles. The Morgan fingerprint density at radius 1 is 1.39 bits per heavy atom. The van der Waals surface area contributed by atoms with Gasteiger partial charge in [0.1, 0.15) is 18.1 Å². The van der Waals surface area contributed by atoms with Crippen molar-refractivity contribution in [3.8, 4) is 5.75 Å². The summed E-state index contributed by atoms with van der Waals surface area (Å²) in [4.78, 5) is 10.3. The summed E-state index contributed by atoms with van der Waals surface area (Å²) in [5, 5.41) is 0.447. The summed E-state index contributed by atoms with van der Waals surface area (Å²) in [6, 6.07) is 5.29. The summed E-state index contributed by atoms with van der Waals surface area (Å²) in [5.41, 5.74) is 0.959. The van der Waals surface area contributed by atoms with Gasteiger partial charge in [0.2, 0.25) is 0 Å². The van der Waals surface area contributed by atoms with Gasteiger partial charge in [-0.3, -0.25) is 0 Å². The molecule has 1 aromatic rings. The summed E-state index contributed by atoms with van der Waals surface area (Å²) in [6.07, 6.45) is 1.66. The van der Waals surface area contributed by atoms with Crippen LogP contribution in [0.3, 0.4) is 0 Å². The molecule has 0 aliphatic carbocycles. The van der Waals surface area contributed by atoms with Crippen molar-refractivity contribution in [2.24, 2.45) is 0 Å². The quantitative estimate of drug-likeness (QED) is 0.773. The molecule has 1 fully saturated rings. The molecule has 6 heteroatoms. The van der Waals surface area contributed by atoms with E-state index in [0.29, 0.717) is 23.6 Å². The molecule has 4 nitrogen and oxygen atoms in total. The van der Waals surface area contributed by atoms with Crippen LogP contribution in [0.15, 0.2) is 18.2 Å². The van der Waals surface area contributed by atoms with E-state index in [-0.39, 0.29) is 17.6 Å². The van der Waals surface area contributed by atoms with Crippen LogP contribution in [0.2, 0.25) is 5.02 Å². The molecule has 0 saturated carbocycles. The fourth-order valence-corrected chi connectivity index (χ4v) is 3.21. The maximum atomic E-state index is 11.0. The summed E-state index contributed by atoms with van der Waals surface area (Å²) in [6.45, 7) is 0. The largest absolute Gasteiger partial charge is 0.487 e. The van der Waals surface area contributed by atoms with Gasteiger partial charge in [0.25, 0.3) is 0 Å². The highest BCUT2D eigenvalue weighted by Crippen LogP contribution is 2.29. The lowest BCUT2D eigenvalue weighted by Crippen LogP contribution is -2.45. The van der Waals surface area contributed by atoms with Gasteiger partial charge in [-0.1, -0.05) is 17.7 Å². The Morgan fingerprint density at radius 2 is 2.11 bits per heavy atom. The van der Waals surface area contributed by atoms with E-state index in [2.05, 4.69) is 0 Å². The highest BCUT2D eigenvalue weighted by Gasteiger charge is 2.35. The molecule has 0 spiro atoms. The van der Waals surface area contributed by atoms with Crippen molar-refractivity contribution in [1.82, 2.24) is 0 Å². The monoisotopic (exact) mass is 288 g/mol. The Bertz CT molecular complexity index is 541. The second kappa shape index (κ2) is 5.28. The van der Waals surface area contributed by atoms with Crippen molar-refractivity contribution in [3.05, 3.63) is 28.8 Å². The van der Waals surface area contributed by atoms with Crippen molar-refractivity contribution in [2.45, 2.75) is 18.9 Å². The molecule has 0 N–H and O–H groups in total. The Kier molecular flexibility index (Phi) is 3.92. The number of carbonyl (C=O) groups excluding carboxylic acids is 1. The molecule has 98 valence electrons. The first kappa shape index (κ1) is 13.4. The van der Waals surface area contributed by atoms with Crippen LogP contribution >= 0.6 is 11.6 Å². The minimum absolute atomic E-state index is 0.0518. The fourth-order valence-electron chi connectivity index (χ4n) is 1.79. The smallest absolute Gasteiger partial charge is 0.157 e. The van der Waals surface area contributed by atoms with Crippen molar-refractivity contribution in [1.29, 1.82) is 0 Å². The van der Waals surface area contributed by atoms with Gasteiger partial charge in [0.05, 0.1) is 16.5 Å². The first-order valence-electron chi connectivity index (χ1n) is 5.59. The normalized spacial score (nSPS) is 18.1. The lowest BCUT2D eigenvalue weighted by atomic mass is 10.1. The predicted molar refractivity (Wildman–Crippen MR) is 68.9 cm³/mol. The molecule has 0 unspecified atom stereocenters. The van der Waals surface area contributed by atoms with Gasteiger partial charge in [0, 0.05) is 6.42 Å². The van der Waals surface area contributed by atoms with E-state index in [9.17, 15) is 13.2 Å². The molecular formula is C12H13ClO4S. The van der Waals surface area contributed by atoms with Crippen LogP contribution in [0.1, 0.15) is 12.0 Å². The predicted octanol–water partition coefficient (Wildman–Crippen LogP) is 1.65. The molecule has 0 amide bonds. The third kappa shape index (κ3) is 3.23. The molecule has 0 radical (unpaired) electrons. The van der Waals surface area contributed by atoms with Gasteiger partial charge < -0.3 is 9.53 Å². The lowest BCUT2D eigenvalue weighted by molar-refractivity contribution is -0.107. The van der Waals surface area contributed by atoms with Crippen molar-refractivity contribution >= 4 is 27.7 Å². The molecule has 1 heterocycles. The number of hydrogen-bond donors (Lipinski definition) is 0. The van der Waals surface area contributed by atoms with Crippen molar-refractivity contribution < 1.29 is 17.9 Å². The average Bonchev–Trinajstić information content (AvgIpc) is 2.27. The molecule has 0 aromatic heterocycles. The van der Waals surface area contributed by atoms with Crippen LogP contribution in [0.5, 0.6) is 5.75 Å². The maximum Gasteiger partial charge on any atom is 0.157 e. The van der Waals surface area contributed by atoms with E-state index < -0.39 is 9.84 Å². The van der Waals surface area contributed by atoms with Crippen LogP contribution < -0.4 is 4.74 Å². The zero-order chi connectivity index (χ0) is 13.2. The van der Waals surface area contributed by atoms with E-state index in [4.69, 9.17) is 16.3 Å². The topological polar surface area (TPSA) is 60.4 Å². The Hall–Kier alpha value is -1.07. The molecular weight excluding hydrogens is 276 g/mol. The Labute approximate surface area is 111 Å². The maximum absolute atomic E-state index is 11.0. The first-order valence-corrected chi connectivity index (χ1v) is 7.79. The van der Waals surface area contributed by atoms with E-state index >= 15 is 0 Å². The van der Waals surface area contributed by atoms with E-state index in [1.54, 1.807) is 12.1 Å². The number of benzene rings is 1. The van der Waals surface area contributed by atoms with Gasteiger partial charge in [-0.2, -0.15) is 0 Å². The summed E-state index contributed by atoms with van der Waals surface area (Å²) < 4.78 is 27.5. The summed E-state index contributed by atoms with van der Waals surface area (Å²) in [5.74, 6) is 0.596. The minimum atomic E-state index is -2.89. The minimum Gasteiger partial charge on any atom is -0.487 e. The third-order valence-electron chi connectivity index (χ3n) is 2.72. The lowest BCUT2D eigenvalue weighted by Gasteiger charge is -2.27. The Morgan fingerprint density at radius 3 is 2.67 bits per heavy atom. The number of aldehydes is 1. The SMILES string of the molecule is O=CCCc1ccc(OC2CS(=O)(=O)C2)c(Cl)c1. The van der Waals surface area contributed by atoms with Crippen LogP contribution in [-0.2, 0) is 21.1 Å². The first-order chi connectivity index (χ1) is 8.50. The zero-order valence-electron chi connectivity index (χ0n) is 9.63. The fraction of sp³-hybridized carbons (Fsp3) is 0.417. The standard InChI is InChI=1S/C12H13ClO4S/c13-11-6-9(2-1-5-14)3-4-12(11)17-10-7-18(15,16)8-10/h3-6,10H,1-2,7-8H2. The molecule has 0 bridgehead atoms. The van der Waals surface area contributed by atoms with E-state index in [1.165, 1.54) is 0 Å². The van der Waals surface area contributed by atoms with Gasteiger partial charge >= 0.3 is 0 Å². The summed E-state index contributed by atoms with van der Waals surface area (Å²) >= 11 is 6.04. The number of carbonyl (C=O) groups is 1. The van der Waals surface area contributed by atoms with Crippen LogP contribution in [0.25, 0.3) is 0 Å². The zero-order valence-corrected chi connectivity index (χ0v) is 11.2. The Balaban J connectivity index is 1.99. The molecule has 2 rings (SSSR count). The van der Waals surface area contributed by atoms with Crippen LogP contribution in [0.4, 0.5) is 0 Å². The summed E-state index contributed by atoms with van der Waals surface area (Å²) in [7, 11) is -2.89. The molecule has 1 aliphatic rings. The van der Waals surface area contributed by atoms with Crippen molar-refractivity contribution in [2.75, 3.05) is 11.5 Å². The highest BCUT2D eigenvalue weighted by atomic mass is 35.5. The molecule has 1 aromatic carbocycles. The number of rotatable bonds is 5.